The van der Waals surface area contributed by atoms with E-state index in [1.54, 1.807) is 6.92 Å². The van der Waals surface area contributed by atoms with Crippen molar-refractivity contribution < 1.29 is 9.90 Å². The molecule has 0 radical (unpaired) electrons. The molecule has 0 aromatic heterocycles. The summed E-state index contributed by atoms with van der Waals surface area (Å²) in [5, 5.41) is 12.5. The summed E-state index contributed by atoms with van der Waals surface area (Å²) in [4.78, 5) is 16.3. The Morgan fingerprint density at radius 2 is 2.20 bits per heavy atom. The molecule has 1 saturated heterocycles. The maximum absolute atomic E-state index is 12.2. The number of urea groups is 1. The van der Waals surface area contributed by atoms with Gasteiger partial charge in [0, 0.05) is 31.4 Å². The minimum absolute atomic E-state index is 0.0762. The first kappa shape index (κ1) is 14.8. The molecule has 1 aliphatic rings. The molecule has 2 unspecified atom stereocenters. The van der Waals surface area contributed by atoms with Crippen LogP contribution in [0.1, 0.15) is 25.5 Å². The van der Waals surface area contributed by atoms with E-state index in [2.05, 4.69) is 24.2 Å². The van der Waals surface area contributed by atoms with Crippen molar-refractivity contribution in [3.63, 3.8) is 0 Å². The van der Waals surface area contributed by atoms with Crippen molar-refractivity contribution in [3.05, 3.63) is 29.8 Å². The molecule has 0 bridgehead atoms. The van der Waals surface area contributed by atoms with E-state index in [-0.39, 0.29) is 6.03 Å². The smallest absolute Gasteiger partial charge is 0.321 e. The molecule has 2 N–H and O–H groups in total. The molecule has 2 atom stereocenters. The van der Waals surface area contributed by atoms with Crippen molar-refractivity contribution >= 4 is 11.7 Å². The maximum Gasteiger partial charge on any atom is 0.321 e. The zero-order valence-corrected chi connectivity index (χ0v) is 12.3. The Balaban J connectivity index is 1.99. The van der Waals surface area contributed by atoms with Crippen molar-refractivity contribution in [2.45, 2.75) is 26.0 Å². The van der Waals surface area contributed by atoms with Crippen LogP contribution in [0.4, 0.5) is 10.5 Å². The Labute approximate surface area is 120 Å². The number of hydrogen-bond donors (Lipinski definition) is 2. The highest BCUT2D eigenvalue weighted by Crippen LogP contribution is 2.18. The molecular weight excluding hydrogens is 254 g/mol. The summed E-state index contributed by atoms with van der Waals surface area (Å²) in [7, 11) is 2.08. The highest BCUT2D eigenvalue weighted by molar-refractivity contribution is 5.89. The Hall–Kier alpha value is -1.59. The van der Waals surface area contributed by atoms with Gasteiger partial charge in [0.1, 0.15) is 0 Å². The Bertz CT molecular complexity index is 476. The molecule has 1 heterocycles. The number of hydrogen-bond acceptors (Lipinski definition) is 3. The minimum Gasteiger partial charge on any atom is -0.389 e. The number of likely N-dealkylation sites (N-methyl/N-ethyl adjacent to an activating group) is 1. The van der Waals surface area contributed by atoms with Gasteiger partial charge in [-0.15, -0.1) is 0 Å². The molecule has 5 nitrogen and oxygen atoms in total. The van der Waals surface area contributed by atoms with Crippen LogP contribution >= 0.6 is 0 Å². The van der Waals surface area contributed by atoms with Gasteiger partial charge in [0.25, 0.3) is 0 Å². The van der Waals surface area contributed by atoms with E-state index in [0.29, 0.717) is 6.04 Å². The molecule has 0 saturated carbocycles. The number of carbonyl (C=O) groups excluding carboxylic acids is 1. The van der Waals surface area contributed by atoms with Gasteiger partial charge >= 0.3 is 6.03 Å². The average Bonchev–Trinajstić information content (AvgIpc) is 2.42. The summed E-state index contributed by atoms with van der Waals surface area (Å²) in [6.45, 7) is 6.19. The van der Waals surface area contributed by atoms with Gasteiger partial charge in [-0.1, -0.05) is 12.1 Å². The van der Waals surface area contributed by atoms with Crippen molar-refractivity contribution in [1.29, 1.82) is 0 Å². The van der Waals surface area contributed by atoms with E-state index in [9.17, 15) is 9.90 Å². The molecule has 0 spiro atoms. The highest BCUT2D eigenvalue weighted by Gasteiger charge is 2.24. The number of carbonyl (C=O) groups is 1. The van der Waals surface area contributed by atoms with Crippen molar-refractivity contribution in [2.24, 2.45) is 0 Å². The summed E-state index contributed by atoms with van der Waals surface area (Å²) in [6, 6.07) is 7.62. The fraction of sp³-hybridized carbons (Fsp3) is 0.533. The number of aliphatic hydroxyl groups excluding tert-OH is 1. The van der Waals surface area contributed by atoms with Gasteiger partial charge in [-0.3, -0.25) is 0 Å². The van der Waals surface area contributed by atoms with Crippen LogP contribution in [-0.2, 0) is 0 Å². The van der Waals surface area contributed by atoms with Crippen LogP contribution in [0.25, 0.3) is 0 Å². The van der Waals surface area contributed by atoms with Crippen molar-refractivity contribution in [1.82, 2.24) is 9.80 Å². The third kappa shape index (κ3) is 3.49. The van der Waals surface area contributed by atoms with Crippen LogP contribution in [0.5, 0.6) is 0 Å². The summed E-state index contributed by atoms with van der Waals surface area (Å²) in [6.07, 6.45) is -0.532. The topological polar surface area (TPSA) is 55.8 Å². The van der Waals surface area contributed by atoms with E-state index in [4.69, 9.17) is 0 Å². The number of amides is 2. The number of benzene rings is 1. The second-order valence-electron chi connectivity index (χ2n) is 5.51. The fourth-order valence-corrected chi connectivity index (χ4v) is 2.31. The number of anilines is 1. The molecule has 5 heteroatoms. The standard InChI is InChI=1S/C15H23N3O2/c1-11-10-18(8-7-17(11)3)15(20)16-14-6-4-5-13(9-14)12(2)19/h4-6,9,11-12,19H,7-8,10H2,1-3H3,(H,16,20). The van der Waals surface area contributed by atoms with Gasteiger partial charge in [0.2, 0.25) is 0 Å². The first-order chi connectivity index (χ1) is 9.47. The number of piperazine rings is 1. The van der Waals surface area contributed by atoms with E-state index in [0.717, 1.165) is 30.9 Å². The van der Waals surface area contributed by atoms with Crippen LogP contribution in [-0.4, -0.2) is 53.7 Å². The molecule has 110 valence electrons. The average molecular weight is 277 g/mol. The van der Waals surface area contributed by atoms with Crippen LogP contribution in [0.2, 0.25) is 0 Å². The molecule has 1 aromatic carbocycles. The molecule has 20 heavy (non-hydrogen) atoms. The number of nitrogens with zero attached hydrogens (tertiary/aromatic N) is 2. The summed E-state index contributed by atoms with van der Waals surface area (Å²) in [5.74, 6) is 0. The van der Waals surface area contributed by atoms with Crippen LogP contribution < -0.4 is 5.32 Å². The number of rotatable bonds is 2. The van der Waals surface area contributed by atoms with Crippen LogP contribution in [0.15, 0.2) is 24.3 Å². The van der Waals surface area contributed by atoms with Gasteiger partial charge in [0.15, 0.2) is 0 Å². The van der Waals surface area contributed by atoms with E-state index in [1.165, 1.54) is 0 Å². The lowest BCUT2D eigenvalue weighted by Gasteiger charge is -2.37. The second-order valence-corrected chi connectivity index (χ2v) is 5.51. The molecule has 0 aliphatic carbocycles. The number of nitrogens with one attached hydrogen (secondary N) is 1. The van der Waals surface area contributed by atoms with Crippen LogP contribution in [0.3, 0.4) is 0 Å². The monoisotopic (exact) mass is 277 g/mol. The first-order valence-corrected chi connectivity index (χ1v) is 7.01. The zero-order valence-electron chi connectivity index (χ0n) is 12.3. The molecular formula is C15H23N3O2. The van der Waals surface area contributed by atoms with E-state index in [1.807, 2.05) is 29.2 Å². The predicted molar refractivity (Wildman–Crippen MR) is 79.8 cm³/mol. The minimum atomic E-state index is -0.532. The second kappa shape index (κ2) is 6.24. The van der Waals surface area contributed by atoms with Gasteiger partial charge < -0.3 is 20.2 Å². The third-order valence-electron chi connectivity index (χ3n) is 3.87. The van der Waals surface area contributed by atoms with Gasteiger partial charge in [-0.25, -0.2) is 4.79 Å². The highest BCUT2D eigenvalue weighted by atomic mass is 16.3. The van der Waals surface area contributed by atoms with Crippen LogP contribution in [0, 0.1) is 0 Å². The quantitative estimate of drug-likeness (QED) is 0.868. The van der Waals surface area contributed by atoms with E-state index < -0.39 is 6.10 Å². The summed E-state index contributed by atoms with van der Waals surface area (Å²) in [5.41, 5.74) is 1.52. The fourth-order valence-electron chi connectivity index (χ4n) is 2.31. The largest absolute Gasteiger partial charge is 0.389 e. The Kier molecular flexibility index (Phi) is 4.62. The predicted octanol–water partition coefficient (Wildman–Crippen LogP) is 1.91. The molecule has 1 aliphatic heterocycles. The van der Waals surface area contributed by atoms with Crippen molar-refractivity contribution in [3.8, 4) is 0 Å². The van der Waals surface area contributed by atoms with Gasteiger partial charge in [0.05, 0.1) is 6.10 Å². The Morgan fingerprint density at radius 3 is 2.85 bits per heavy atom. The normalized spacial score (nSPS) is 21.6. The molecule has 2 rings (SSSR count). The zero-order chi connectivity index (χ0) is 14.7. The molecule has 1 fully saturated rings. The summed E-state index contributed by atoms with van der Waals surface area (Å²) >= 11 is 0. The van der Waals surface area contributed by atoms with Crippen molar-refractivity contribution in [2.75, 3.05) is 32.0 Å². The lowest BCUT2D eigenvalue weighted by Crippen LogP contribution is -2.53. The lowest BCUT2D eigenvalue weighted by molar-refractivity contribution is 0.125. The lowest BCUT2D eigenvalue weighted by atomic mass is 10.1. The first-order valence-electron chi connectivity index (χ1n) is 7.01. The maximum atomic E-state index is 12.2. The Morgan fingerprint density at radius 1 is 1.45 bits per heavy atom. The van der Waals surface area contributed by atoms with Gasteiger partial charge in [-0.05, 0) is 38.6 Å². The summed E-state index contributed by atoms with van der Waals surface area (Å²) < 4.78 is 0. The number of aliphatic hydroxyl groups is 1. The van der Waals surface area contributed by atoms with E-state index >= 15 is 0 Å². The van der Waals surface area contributed by atoms with Gasteiger partial charge in [-0.2, -0.15) is 0 Å². The third-order valence-corrected chi connectivity index (χ3v) is 3.87. The SMILES string of the molecule is CC(O)c1cccc(NC(=O)N2CCN(C)C(C)C2)c1. The molecule has 1 aromatic rings. The molecule has 2 amide bonds.